The molecule has 1 amide bonds. The number of halogens is 1. The SMILES string of the molecule is CNC(C)CNC(=O)Cc1cccs1.Cl. The molecule has 15 heavy (non-hydrogen) atoms. The molecule has 5 heteroatoms. The Bertz CT molecular complexity index is 277. The first kappa shape index (κ1) is 14.4. The molecule has 1 unspecified atom stereocenters. The highest BCUT2D eigenvalue weighted by Gasteiger charge is 2.05. The number of thiophene rings is 1. The van der Waals surface area contributed by atoms with Crippen LogP contribution in [0.5, 0.6) is 0 Å². The second-order valence-electron chi connectivity index (χ2n) is 3.25. The molecule has 0 saturated carbocycles. The molecule has 0 aliphatic carbocycles. The van der Waals surface area contributed by atoms with Crippen molar-refractivity contribution in [3.8, 4) is 0 Å². The van der Waals surface area contributed by atoms with E-state index in [9.17, 15) is 4.79 Å². The lowest BCUT2D eigenvalue weighted by atomic mass is 10.3. The van der Waals surface area contributed by atoms with Crippen LogP contribution in [0.4, 0.5) is 0 Å². The molecule has 1 atom stereocenters. The molecule has 3 nitrogen and oxygen atoms in total. The summed E-state index contributed by atoms with van der Waals surface area (Å²) in [5, 5.41) is 7.93. The second-order valence-corrected chi connectivity index (χ2v) is 4.28. The van der Waals surface area contributed by atoms with Crippen LogP contribution in [-0.4, -0.2) is 25.5 Å². The Morgan fingerprint density at radius 3 is 2.87 bits per heavy atom. The number of hydrogen-bond donors (Lipinski definition) is 2. The highest BCUT2D eigenvalue weighted by atomic mass is 35.5. The van der Waals surface area contributed by atoms with Crippen molar-refractivity contribution in [2.24, 2.45) is 0 Å². The van der Waals surface area contributed by atoms with E-state index in [-0.39, 0.29) is 18.3 Å². The molecule has 1 rings (SSSR count). The summed E-state index contributed by atoms with van der Waals surface area (Å²) < 4.78 is 0. The summed E-state index contributed by atoms with van der Waals surface area (Å²) in [6.45, 7) is 2.71. The van der Waals surface area contributed by atoms with Crippen molar-refractivity contribution < 1.29 is 4.79 Å². The van der Waals surface area contributed by atoms with Crippen LogP contribution in [0.25, 0.3) is 0 Å². The van der Waals surface area contributed by atoms with Gasteiger partial charge in [0.25, 0.3) is 0 Å². The van der Waals surface area contributed by atoms with Gasteiger partial charge >= 0.3 is 0 Å². The normalized spacial score (nSPS) is 11.6. The zero-order valence-electron chi connectivity index (χ0n) is 8.95. The fourth-order valence-corrected chi connectivity index (χ4v) is 1.71. The number of carbonyl (C=O) groups is 1. The first-order chi connectivity index (χ1) is 6.72. The Morgan fingerprint density at radius 2 is 2.33 bits per heavy atom. The van der Waals surface area contributed by atoms with Crippen molar-refractivity contribution in [3.63, 3.8) is 0 Å². The number of carbonyl (C=O) groups excluding carboxylic acids is 1. The van der Waals surface area contributed by atoms with Gasteiger partial charge in [-0.2, -0.15) is 0 Å². The van der Waals surface area contributed by atoms with Gasteiger partial charge in [-0.1, -0.05) is 6.07 Å². The van der Waals surface area contributed by atoms with Crippen LogP contribution in [0.15, 0.2) is 17.5 Å². The van der Waals surface area contributed by atoms with Gasteiger partial charge in [-0.05, 0) is 25.4 Å². The van der Waals surface area contributed by atoms with Gasteiger partial charge in [-0.15, -0.1) is 23.7 Å². The predicted molar refractivity (Wildman–Crippen MR) is 66.8 cm³/mol. The van der Waals surface area contributed by atoms with Gasteiger partial charge in [0.15, 0.2) is 0 Å². The summed E-state index contributed by atoms with van der Waals surface area (Å²) >= 11 is 1.61. The summed E-state index contributed by atoms with van der Waals surface area (Å²) in [5.41, 5.74) is 0. The summed E-state index contributed by atoms with van der Waals surface area (Å²) in [7, 11) is 1.89. The molecule has 0 aliphatic rings. The second kappa shape index (κ2) is 7.68. The zero-order chi connectivity index (χ0) is 10.4. The third kappa shape index (κ3) is 5.77. The number of likely N-dealkylation sites (N-methyl/N-ethyl adjacent to an activating group) is 1. The largest absolute Gasteiger partial charge is 0.354 e. The predicted octanol–water partition coefficient (Wildman–Crippen LogP) is 1.44. The average Bonchev–Trinajstić information content (AvgIpc) is 2.66. The Kier molecular flexibility index (Phi) is 7.38. The molecule has 0 saturated heterocycles. The van der Waals surface area contributed by atoms with Gasteiger partial charge in [-0.3, -0.25) is 4.79 Å². The quantitative estimate of drug-likeness (QED) is 0.828. The maximum atomic E-state index is 11.4. The van der Waals surface area contributed by atoms with Gasteiger partial charge in [0.05, 0.1) is 6.42 Å². The monoisotopic (exact) mass is 248 g/mol. The van der Waals surface area contributed by atoms with E-state index in [2.05, 4.69) is 10.6 Å². The first-order valence-electron chi connectivity index (χ1n) is 4.68. The minimum Gasteiger partial charge on any atom is -0.354 e. The van der Waals surface area contributed by atoms with Crippen molar-refractivity contribution >= 4 is 29.7 Å². The van der Waals surface area contributed by atoms with Crippen LogP contribution in [0, 0.1) is 0 Å². The van der Waals surface area contributed by atoms with E-state index in [1.807, 2.05) is 31.5 Å². The van der Waals surface area contributed by atoms with Gasteiger partial charge < -0.3 is 10.6 Å². The summed E-state index contributed by atoms with van der Waals surface area (Å²) in [5.74, 6) is 0.0922. The van der Waals surface area contributed by atoms with Crippen LogP contribution in [-0.2, 0) is 11.2 Å². The molecule has 1 aromatic heterocycles. The third-order valence-electron chi connectivity index (χ3n) is 2.01. The molecular formula is C10H17ClN2OS. The number of nitrogens with one attached hydrogen (secondary N) is 2. The van der Waals surface area contributed by atoms with Gasteiger partial charge in [-0.25, -0.2) is 0 Å². The van der Waals surface area contributed by atoms with Crippen LogP contribution in [0.1, 0.15) is 11.8 Å². The standard InChI is InChI=1S/C10H16N2OS.ClH/c1-8(11-2)7-12-10(13)6-9-4-3-5-14-9;/h3-5,8,11H,6-7H2,1-2H3,(H,12,13);1H. The summed E-state index contributed by atoms with van der Waals surface area (Å²) in [6.07, 6.45) is 0.494. The highest BCUT2D eigenvalue weighted by molar-refractivity contribution is 7.10. The molecule has 0 aliphatic heterocycles. The van der Waals surface area contributed by atoms with Crippen molar-refractivity contribution in [3.05, 3.63) is 22.4 Å². The minimum atomic E-state index is 0. The van der Waals surface area contributed by atoms with Crippen LogP contribution >= 0.6 is 23.7 Å². The van der Waals surface area contributed by atoms with Crippen LogP contribution in [0.2, 0.25) is 0 Å². The lowest BCUT2D eigenvalue weighted by Gasteiger charge is -2.10. The van der Waals surface area contributed by atoms with E-state index >= 15 is 0 Å². The molecule has 0 aromatic carbocycles. The molecule has 2 N–H and O–H groups in total. The Labute approximate surface area is 101 Å². The fourth-order valence-electron chi connectivity index (χ4n) is 1.00. The maximum absolute atomic E-state index is 11.4. The van der Waals surface area contributed by atoms with Gasteiger partial charge in [0.1, 0.15) is 0 Å². The smallest absolute Gasteiger partial charge is 0.225 e. The number of rotatable bonds is 5. The van der Waals surface area contributed by atoms with E-state index in [0.717, 1.165) is 4.88 Å². The third-order valence-corrected chi connectivity index (χ3v) is 2.89. The van der Waals surface area contributed by atoms with E-state index in [4.69, 9.17) is 0 Å². The maximum Gasteiger partial charge on any atom is 0.225 e. The molecule has 0 radical (unpaired) electrons. The molecule has 1 aromatic rings. The Hall–Kier alpha value is -0.580. The minimum absolute atomic E-state index is 0. The average molecular weight is 249 g/mol. The van der Waals surface area contributed by atoms with E-state index in [0.29, 0.717) is 19.0 Å². The molecule has 1 heterocycles. The van der Waals surface area contributed by atoms with Crippen LogP contribution < -0.4 is 10.6 Å². The highest BCUT2D eigenvalue weighted by Crippen LogP contribution is 2.08. The van der Waals surface area contributed by atoms with Crippen molar-refractivity contribution in [2.45, 2.75) is 19.4 Å². The number of amides is 1. The van der Waals surface area contributed by atoms with E-state index < -0.39 is 0 Å². The lowest BCUT2D eigenvalue weighted by Crippen LogP contribution is -2.37. The van der Waals surface area contributed by atoms with Crippen molar-refractivity contribution in [1.29, 1.82) is 0 Å². The number of hydrogen-bond acceptors (Lipinski definition) is 3. The Balaban J connectivity index is 0.00000196. The molecule has 0 bridgehead atoms. The lowest BCUT2D eigenvalue weighted by molar-refractivity contribution is -0.120. The van der Waals surface area contributed by atoms with Crippen molar-refractivity contribution in [2.75, 3.05) is 13.6 Å². The topological polar surface area (TPSA) is 41.1 Å². The molecular weight excluding hydrogens is 232 g/mol. The van der Waals surface area contributed by atoms with E-state index in [1.165, 1.54) is 0 Å². The zero-order valence-corrected chi connectivity index (χ0v) is 10.6. The molecule has 0 spiro atoms. The Morgan fingerprint density at radius 1 is 1.60 bits per heavy atom. The van der Waals surface area contributed by atoms with E-state index in [1.54, 1.807) is 11.3 Å². The fraction of sp³-hybridized carbons (Fsp3) is 0.500. The first-order valence-corrected chi connectivity index (χ1v) is 5.56. The van der Waals surface area contributed by atoms with Gasteiger partial charge in [0, 0.05) is 17.5 Å². The molecule has 86 valence electrons. The molecule has 0 fully saturated rings. The summed E-state index contributed by atoms with van der Waals surface area (Å²) in [6, 6.07) is 4.26. The van der Waals surface area contributed by atoms with Crippen molar-refractivity contribution in [1.82, 2.24) is 10.6 Å². The van der Waals surface area contributed by atoms with Gasteiger partial charge in [0.2, 0.25) is 5.91 Å². The van der Waals surface area contributed by atoms with Crippen LogP contribution in [0.3, 0.4) is 0 Å². The summed E-state index contributed by atoms with van der Waals surface area (Å²) in [4.78, 5) is 12.5.